The molecule has 1 heterocycles. The summed E-state index contributed by atoms with van der Waals surface area (Å²) < 4.78 is 28.2. The Bertz CT molecular complexity index is 981. The van der Waals surface area contributed by atoms with Crippen LogP contribution in [0.25, 0.3) is 11.0 Å². The average Bonchev–Trinajstić information content (AvgIpc) is 2.75. The van der Waals surface area contributed by atoms with Crippen molar-refractivity contribution in [3.05, 3.63) is 52.8 Å². The summed E-state index contributed by atoms with van der Waals surface area (Å²) in [6, 6.07) is 9.03. The molecular formula is C17H19N3O2S. The normalized spacial score (nSPS) is 11.8. The number of benzene rings is 2. The number of anilines is 1. The van der Waals surface area contributed by atoms with Crippen LogP contribution >= 0.6 is 0 Å². The molecule has 0 bridgehead atoms. The molecule has 0 aliphatic heterocycles. The van der Waals surface area contributed by atoms with Gasteiger partial charge < -0.3 is 4.98 Å². The third-order valence-electron chi connectivity index (χ3n) is 3.73. The van der Waals surface area contributed by atoms with Crippen LogP contribution in [-0.4, -0.2) is 18.4 Å². The molecule has 5 nitrogen and oxygen atoms in total. The van der Waals surface area contributed by atoms with Crippen molar-refractivity contribution in [1.29, 1.82) is 0 Å². The number of hydrogen-bond acceptors (Lipinski definition) is 3. The minimum absolute atomic E-state index is 0.337. The zero-order valence-corrected chi connectivity index (χ0v) is 14.4. The highest BCUT2D eigenvalue weighted by Crippen LogP contribution is 2.25. The Labute approximate surface area is 135 Å². The third-order valence-corrected chi connectivity index (χ3v) is 5.41. The predicted octanol–water partition coefficient (Wildman–Crippen LogP) is 3.60. The maximum Gasteiger partial charge on any atom is 0.262 e. The third kappa shape index (κ3) is 2.94. The number of nitrogens with zero attached hydrogens (tertiary/aromatic N) is 1. The molecular weight excluding hydrogens is 310 g/mol. The van der Waals surface area contributed by atoms with Crippen LogP contribution in [0.1, 0.15) is 22.5 Å². The van der Waals surface area contributed by atoms with Gasteiger partial charge in [0.1, 0.15) is 5.82 Å². The van der Waals surface area contributed by atoms with Gasteiger partial charge in [0.15, 0.2) is 0 Å². The van der Waals surface area contributed by atoms with Crippen molar-refractivity contribution in [2.45, 2.75) is 32.6 Å². The number of rotatable bonds is 3. The summed E-state index contributed by atoms with van der Waals surface area (Å²) in [4.78, 5) is 7.76. The van der Waals surface area contributed by atoms with E-state index in [1.54, 1.807) is 18.2 Å². The van der Waals surface area contributed by atoms with Crippen LogP contribution in [0.2, 0.25) is 0 Å². The van der Waals surface area contributed by atoms with Crippen molar-refractivity contribution >= 4 is 26.7 Å². The van der Waals surface area contributed by atoms with Gasteiger partial charge in [0.25, 0.3) is 10.0 Å². The highest BCUT2D eigenvalue weighted by Gasteiger charge is 2.20. The highest BCUT2D eigenvalue weighted by atomic mass is 32.2. The minimum atomic E-state index is -3.64. The first-order valence-electron chi connectivity index (χ1n) is 7.33. The highest BCUT2D eigenvalue weighted by molar-refractivity contribution is 7.92. The lowest BCUT2D eigenvalue weighted by atomic mass is 10.1. The van der Waals surface area contributed by atoms with Crippen LogP contribution in [0.3, 0.4) is 0 Å². The van der Waals surface area contributed by atoms with Crippen LogP contribution in [-0.2, 0) is 10.0 Å². The van der Waals surface area contributed by atoms with Gasteiger partial charge >= 0.3 is 0 Å². The van der Waals surface area contributed by atoms with E-state index in [2.05, 4.69) is 14.7 Å². The average molecular weight is 329 g/mol. The molecule has 0 saturated heterocycles. The summed E-state index contributed by atoms with van der Waals surface area (Å²) in [6.07, 6.45) is 0. The molecule has 1 aromatic heterocycles. The van der Waals surface area contributed by atoms with E-state index in [1.165, 1.54) is 0 Å². The molecule has 0 fully saturated rings. The molecule has 3 rings (SSSR count). The SMILES string of the molecule is Cc1cc(C)c(S(=O)(=O)Nc2ccc3nc(C)[nH]c3c2)c(C)c1. The zero-order valence-electron chi connectivity index (χ0n) is 13.6. The number of imidazole rings is 1. The number of fused-ring (bicyclic) bond motifs is 1. The van der Waals surface area contributed by atoms with Crippen molar-refractivity contribution in [2.75, 3.05) is 4.72 Å². The van der Waals surface area contributed by atoms with Gasteiger partial charge in [-0.25, -0.2) is 13.4 Å². The van der Waals surface area contributed by atoms with Gasteiger partial charge in [-0.1, -0.05) is 17.7 Å². The topological polar surface area (TPSA) is 74.8 Å². The first-order chi connectivity index (χ1) is 10.8. The monoisotopic (exact) mass is 329 g/mol. The van der Waals surface area contributed by atoms with Crippen LogP contribution in [0.15, 0.2) is 35.2 Å². The predicted molar refractivity (Wildman–Crippen MR) is 92.3 cm³/mol. The quantitative estimate of drug-likeness (QED) is 0.771. The van der Waals surface area contributed by atoms with Crippen molar-refractivity contribution in [1.82, 2.24) is 9.97 Å². The standard InChI is InChI=1S/C17H19N3O2S/c1-10-7-11(2)17(12(3)8-10)23(21,22)20-14-5-6-15-16(9-14)19-13(4)18-15/h5-9,20H,1-4H3,(H,18,19). The Morgan fingerprint density at radius 1 is 1.00 bits per heavy atom. The van der Waals surface area contributed by atoms with Gasteiger partial charge in [0, 0.05) is 0 Å². The molecule has 0 radical (unpaired) electrons. The van der Waals surface area contributed by atoms with E-state index in [1.807, 2.05) is 39.8 Å². The summed E-state index contributed by atoms with van der Waals surface area (Å²) in [5.41, 5.74) is 4.67. The molecule has 0 amide bonds. The van der Waals surface area contributed by atoms with E-state index in [0.29, 0.717) is 10.6 Å². The molecule has 6 heteroatoms. The van der Waals surface area contributed by atoms with Crippen LogP contribution in [0, 0.1) is 27.7 Å². The number of hydrogen-bond donors (Lipinski definition) is 2. The van der Waals surface area contributed by atoms with E-state index in [4.69, 9.17) is 0 Å². The second-order valence-corrected chi connectivity index (χ2v) is 7.51. The largest absolute Gasteiger partial charge is 0.342 e. The van der Waals surface area contributed by atoms with Gasteiger partial charge in [0.05, 0.1) is 21.6 Å². The lowest BCUT2D eigenvalue weighted by molar-refractivity contribution is 0.600. The van der Waals surface area contributed by atoms with Gasteiger partial charge in [-0.2, -0.15) is 0 Å². The van der Waals surface area contributed by atoms with E-state index in [0.717, 1.165) is 33.5 Å². The first-order valence-corrected chi connectivity index (χ1v) is 8.81. The Kier molecular flexibility index (Phi) is 3.64. The maximum atomic E-state index is 12.8. The molecule has 0 aliphatic carbocycles. The summed E-state index contributed by atoms with van der Waals surface area (Å²) >= 11 is 0. The van der Waals surface area contributed by atoms with E-state index >= 15 is 0 Å². The van der Waals surface area contributed by atoms with Crippen molar-refractivity contribution in [3.8, 4) is 0 Å². The molecule has 0 atom stereocenters. The minimum Gasteiger partial charge on any atom is -0.342 e. The van der Waals surface area contributed by atoms with Crippen LogP contribution < -0.4 is 4.72 Å². The second-order valence-electron chi connectivity index (χ2n) is 5.89. The molecule has 3 aromatic rings. The fourth-order valence-corrected chi connectivity index (χ4v) is 4.50. The van der Waals surface area contributed by atoms with E-state index in [9.17, 15) is 8.42 Å². The van der Waals surface area contributed by atoms with Crippen molar-refractivity contribution < 1.29 is 8.42 Å². The van der Waals surface area contributed by atoms with Crippen molar-refractivity contribution in [3.63, 3.8) is 0 Å². The van der Waals surface area contributed by atoms with Gasteiger partial charge in [0.2, 0.25) is 0 Å². The summed E-state index contributed by atoms with van der Waals surface area (Å²) in [5, 5.41) is 0. The number of aromatic amines is 1. The maximum absolute atomic E-state index is 12.8. The van der Waals surface area contributed by atoms with E-state index < -0.39 is 10.0 Å². The molecule has 0 unspecified atom stereocenters. The molecule has 0 spiro atoms. The van der Waals surface area contributed by atoms with Gasteiger partial charge in [-0.15, -0.1) is 0 Å². The lowest BCUT2D eigenvalue weighted by Crippen LogP contribution is -2.15. The zero-order chi connectivity index (χ0) is 16.8. The van der Waals surface area contributed by atoms with Gasteiger partial charge in [-0.3, -0.25) is 4.72 Å². The smallest absolute Gasteiger partial charge is 0.262 e. The fourth-order valence-electron chi connectivity index (χ4n) is 3.00. The fraction of sp³-hybridized carbons (Fsp3) is 0.235. The van der Waals surface area contributed by atoms with Crippen LogP contribution in [0.4, 0.5) is 5.69 Å². The number of aryl methyl sites for hydroxylation is 4. The Balaban J connectivity index is 2.03. The summed E-state index contributed by atoms with van der Waals surface area (Å²) in [6.45, 7) is 7.45. The number of sulfonamides is 1. The summed E-state index contributed by atoms with van der Waals surface area (Å²) in [5.74, 6) is 0.797. The molecule has 2 aromatic carbocycles. The number of H-pyrrole nitrogens is 1. The lowest BCUT2D eigenvalue weighted by Gasteiger charge is -2.14. The molecule has 0 aliphatic rings. The molecule has 23 heavy (non-hydrogen) atoms. The Hall–Kier alpha value is -2.34. The van der Waals surface area contributed by atoms with Crippen LogP contribution in [0.5, 0.6) is 0 Å². The number of nitrogens with one attached hydrogen (secondary N) is 2. The first kappa shape index (κ1) is 15.6. The van der Waals surface area contributed by atoms with Gasteiger partial charge in [-0.05, 0) is 57.0 Å². The van der Waals surface area contributed by atoms with E-state index in [-0.39, 0.29) is 0 Å². The second kappa shape index (κ2) is 5.38. The molecule has 120 valence electrons. The molecule has 2 N–H and O–H groups in total. The molecule has 0 saturated carbocycles. The number of aromatic nitrogens is 2. The Morgan fingerprint density at radius 3 is 2.30 bits per heavy atom. The van der Waals surface area contributed by atoms with Crippen molar-refractivity contribution in [2.24, 2.45) is 0 Å². The summed E-state index contributed by atoms with van der Waals surface area (Å²) in [7, 11) is -3.64. The Morgan fingerprint density at radius 2 is 1.65 bits per heavy atom.